The van der Waals surface area contributed by atoms with E-state index >= 15 is 0 Å². The standard InChI is InChI=1S/C25H31NO5/c1-17-16-20(10-11-21(17)23(28)22(27)18-8-6-5-7-9-18)30-19-12-14-26(15-13-19)24(29)31-25(2,3)4/h5-11,16,19,22,27H,12-15H2,1-4H3. The molecule has 1 heterocycles. The van der Waals surface area contributed by atoms with E-state index in [1.54, 1.807) is 41.3 Å². The number of benzene rings is 2. The quantitative estimate of drug-likeness (QED) is 0.704. The number of carbonyl (C=O) groups excluding carboxylic acids is 2. The third-order valence-corrected chi connectivity index (χ3v) is 5.22. The van der Waals surface area contributed by atoms with Crippen LogP contribution in [0, 0.1) is 6.92 Å². The van der Waals surface area contributed by atoms with Crippen molar-refractivity contribution >= 4 is 11.9 Å². The average molecular weight is 426 g/mol. The number of aliphatic hydroxyl groups excluding tert-OH is 1. The predicted octanol–water partition coefficient (Wildman–Crippen LogP) is 4.69. The minimum absolute atomic E-state index is 0.00505. The Morgan fingerprint density at radius 1 is 1.06 bits per heavy atom. The van der Waals surface area contributed by atoms with Crippen molar-refractivity contribution in [3.63, 3.8) is 0 Å². The number of Topliss-reactive ketones (excluding diaryl/α,β-unsaturated/α-hetero) is 1. The first-order valence-corrected chi connectivity index (χ1v) is 10.7. The number of hydrogen-bond donors (Lipinski definition) is 1. The fourth-order valence-electron chi connectivity index (χ4n) is 3.60. The first kappa shape index (κ1) is 22.8. The van der Waals surface area contributed by atoms with Crippen LogP contribution >= 0.6 is 0 Å². The molecule has 0 spiro atoms. The number of ether oxygens (including phenoxy) is 2. The van der Waals surface area contributed by atoms with Gasteiger partial charge in [0.25, 0.3) is 0 Å². The molecule has 0 radical (unpaired) electrons. The van der Waals surface area contributed by atoms with E-state index in [2.05, 4.69) is 0 Å². The van der Waals surface area contributed by atoms with E-state index in [1.165, 1.54) is 0 Å². The molecule has 1 saturated heterocycles. The molecule has 1 atom stereocenters. The molecule has 0 bridgehead atoms. The second-order valence-corrected chi connectivity index (χ2v) is 8.94. The van der Waals surface area contributed by atoms with Gasteiger partial charge in [-0.15, -0.1) is 0 Å². The highest BCUT2D eigenvalue weighted by atomic mass is 16.6. The summed E-state index contributed by atoms with van der Waals surface area (Å²) in [5.74, 6) is 0.347. The van der Waals surface area contributed by atoms with E-state index in [-0.39, 0.29) is 18.0 Å². The number of aryl methyl sites for hydroxylation is 1. The van der Waals surface area contributed by atoms with Crippen LogP contribution < -0.4 is 4.74 Å². The van der Waals surface area contributed by atoms with Crippen LogP contribution in [0.25, 0.3) is 0 Å². The molecule has 31 heavy (non-hydrogen) atoms. The van der Waals surface area contributed by atoms with E-state index in [9.17, 15) is 14.7 Å². The zero-order valence-electron chi connectivity index (χ0n) is 18.6. The Balaban J connectivity index is 1.58. The summed E-state index contributed by atoms with van der Waals surface area (Å²) in [4.78, 5) is 26.6. The van der Waals surface area contributed by atoms with Gasteiger partial charge in [0.2, 0.25) is 0 Å². The molecule has 6 nitrogen and oxygen atoms in total. The second-order valence-electron chi connectivity index (χ2n) is 8.94. The lowest BCUT2D eigenvalue weighted by molar-refractivity contribution is 0.0126. The smallest absolute Gasteiger partial charge is 0.410 e. The van der Waals surface area contributed by atoms with Crippen molar-refractivity contribution in [2.45, 2.75) is 58.3 Å². The molecule has 1 unspecified atom stereocenters. The first-order chi connectivity index (χ1) is 14.6. The molecule has 0 saturated carbocycles. The van der Waals surface area contributed by atoms with Crippen LogP contribution in [0.1, 0.15) is 61.2 Å². The van der Waals surface area contributed by atoms with Gasteiger partial charge in [-0.25, -0.2) is 4.79 Å². The maximum Gasteiger partial charge on any atom is 0.410 e. The minimum Gasteiger partial charge on any atom is -0.490 e. The van der Waals surface area contributed by atoms with Crippen molar-refractivity contribution in [3.05, 3.63) is 65.2 Å². The van der Waals surface area contributed by atoms with Gasteiger partial charge in [0, 0.05) is 31.5 Å². The van der Waals surface area contributed by atoms with Gasteiger partial charge in [-0.3, -0.25) is 4.79 Å². The van der Waals surface area contributed by atoms with Gasteiger partial charge in [0.15, 0.2) is 5.78 Å². The zero-order valence-corrected chi connectivity index (χ0v) is 18.6. The maximum atomic E-state index is 12.7. The lowest BCUT2D eigenvalue weighted by Crippen LogP contribution is -2.44. The number of ketones is 1. The topological polar surface area (TPSA) is 76.1 Å². The molecule has 6 heteroatoms. The second kappa shape index (κ2) is 9.52. The Bertz CT molecular complexity index is 911. The van der Waals surface area contributed by atoms with Crippen molar-refractivity contribution in [3.8, 4) is 5.75 Å². The Labute approximate surface area is 183 Å². The van der Waals surface area contributed by atoms with Crippen LogP contribution in [-0.2, 0) is 4.74 Å². The van der Waals surface area contributed by atoms with Crippen LogP contribution in [0.2, 0.25) is 0 Å². The van der Waals surface area contributed by atoms with Crippen LogP contribution in [0.15, 0.2) is 48.5 Å². The van der Waals surface area contributed by atoms with Crippen LogP contribution in [0.3, 0.4) is 0 Å². The fraction of sp³-hybridized carbons (Fsp3) is 0.440. The van der Waals surface area contributed by atoms with E-state index in [4.69, 9.17) is 9.47 Å². The molecular formula is C25H31NO5. The Morgan fingerprint density at radius 2 is 1.71 bits per heavy atom. The Morgan fingerprint density at radius 3 is 2.29 bits per heavy atom. The molecule has 1 aliphatic heterocycles. The zero-order chi connectivity index (χ0) is 22.6. The summed E-state index contributed by atoms with van der Waals surface area (Å²) in [5.41, 5.74) is 1.30. The van der Waals surface area contributed by atoms with E-state index in [0.717, 1.165) is 5.56 Å². The third kappa shape index (κ3) is 6.07. The number of likely N-dealkylation sites (tertiary alicyclic amines) is 1. The van der Waals surface area contributed by atoms with Crippen LogP contribution in [0.4, 0.5) is 4.79 Å². The fourth-order valence-corrected chi connectivity index (χ4v) is 3.60. The SMILES string of the molecule is Cc1cc(OC2CCN(C(=O)OC(C)(C)C)CC2)ccc1C(=O)C(O)c1ccccc1. The lowest BCUT2D eigenvalue weighted by Gasteiger charge is -2.33. The van der Waals surface area contributed by atoms with E-state index < -0.39 is 11.7 Å². The number of nitrogens with zero attached hydrogens (tertiary/aromatic N) is 1. The Hall–Kier alpha value is -2.86. The van der Waals surface area contributed by atoms with Crippen LogP contribution in [-0.4, -0.2) is 46.7 Å². The number of rotatable bonds is 5. The molecule has 0 aromatic heterocycles. The summed E-state index contributed by atoms with van der Waals surface area (Å²) in [5, 5.41) is 10.4. The summed E-state index contributed by atoms with van der Waals surface area (Å²) in [6, 6.07) is 14.2. The molecule has 2 aromatic carbocycles. The molecule has 3 rings (SSSR count). The lowest BCUT2D eigenvalue weighted by atomic mass is 9.96. The highest BCUT2D eigenvalue weighted by Crippen LogP contribution is 2.26. The average Bonchev–Trinajstić information content (AvgIpc) is 2.73. The molecule has 166 valence electrons. The molecule has 2 aromatic rings. The normalized spacial score (nSPS) is 16.0. The van der Waals surface area contributed by atoms with E-state index in [1.807, 2.05) is 39.8 Å². The number of amides is 1. The molecule has 1 N–H and O–H groups in total. The largest absolute Gasteiger partial charge is 0.490 e. The van der Waals surface area contributed by atoms with Gasteiger partial charge in [0.05, 0.1) is 0 Å². The number of aliphatic hydroxyl groups is 1. The highest BCUT2D eigenvalue weighted by molar-refractivity contribution is 6.01. The predicted molar refractivity (Wildman–Crippen MR) is 118 cm³/mol. The van der Waals surface area contributed by atoms with Crippen molar-refractivity contribution in [1.29, 1.82) is 0 Å². The van der Waals surface area contributed by atoms with Crippen molar-refractivity contribution < 1.29 is 24.2 Å². The first-order valence-electron chi connectivity index (χ1n) is 10.7. The van der Waals surface area contributed by atoms with Gasteiger partial charge in [-0.2, -0.15) is 0 Å². The Kier molecular flexibility index (Phi) is 7.01. The van der Waals surface area contributed by atoms with Gasteiger partial charge >= 0.3 is 6.09 Å². The van der Waals surface area contributed by atoms with Crippen molar-refractivity contribution in [2.75, 3.05) is 13.1 Å². The number of piperidine rings is 1. The van der Waals surface area contributed by atoms with Gasteiger partial charge in [0.1, 0.15) is 23.6 Å². The monoisotopic (exact) mass is 425 g/mol. The number of hydrogen-bond acceptors (Lipinski definition) is 5. The molecule has 1 amide bonds. The summed E-state index contributed by atoms with van der Waals surface area (Å²) >= 11 is 0. The summed E-state index contributed by atoms with van der Waals surface area (Å²) in [7, 11) is 0. The van der Waals surface area contributed by atoms with E-state index in [0.29, 0.717) is 42.8 Å². The van der Waals surface area contributed by atoms with Crippen LogP contribution in [0.5, 0.6) is 5.75 Å². The third-order valence-electron chi connectivity index (χ3n) is 5.22. The van der Waals surface area contributed by atoms with Gasteiger partial charge in [-0.1, -0.05) is 30.3 Å². The number of carbonyl (C=O) groups is 2. The summed E-state index contributed by atoms with van der Waals surface area (Å²) in [6.45, 7) is 8.57. The molecular weight excluding hydrogens is 394 g/mol. The minimum atomic E-state index is -1.19. The summed E-state index contributed by atoms with van der Waals surface area (Å²) < 4.78 is 11.5. The van der Waals surface area contributed by atoms with Gasteiger partial charge < -0.3 is 19.5 Å². The summed E-state index contributed by atoms with van der Waals surface area (Å²) in [6.07, 6.45) is -0.0581. The highest BCUT2D eigenvalue weighted by Gasteiger charge is 2.28. The molecule has 1 aliphatic rings. The molecule has 1 fully saturated rings. The van der Waals surface area contributed by atoms with Gasteiger partial charge in [-0.05, 0) is 57.0 Å². The molecule has 0 aliphatic carbocycles. The van der Waals surface area contributed by atoms with Crippen molar-refractivity contribution in [1.82, 2.24) is 4.90 Å². The maximum absolute atomic E-state index is 12.7. The van der Waals surface area contributed by atoms with Crippen molar-refractivity contribution in [2.24, 2.45) is 0 Å².